The van der Waals surface area contributed by atoms with E-state index in [0.29, 0.717) is 17.1 Å². The molecule has 0 N–H and O–H groups in total. The Morgan fingerprint density at radius 1 is 1.31 bits per heavy atom. The van der Waals surface area contributed by atoms with E-state index in [0.717, 1.165) is 18.8 Å². The van der Waals surface area contributed by atoms with E-state index in [9.17, 15) is 4.79 Å². The number of ketones is 1. The number of rotatable bonds is 4. The average molecular weight is 220 g/mol. The van der Waals surface area contributed by atoms with Gasteiger partial charge in [0, 0.05) is 6.42 Å². The summed E-state index contributed by atoms with van der Waals surface area (Å²) in [5.41, 5.74) is 2.97. The highest BCUT2D eigenvalue weighted by Gasteiger charge is 2.60. The molecule has 0 aromatic carbocycles. The molecule has 2 aliphatic rings. The molecule has 0 saturated heterocycles. The van der Waals surface area contributed by atoms with E-state index in [4.69, 9.17) is 0 Å². The standard InChI is InChI=1S/C15H24O/c1-5-6-7-11-14(15(11,3)4)13-10(2)8-9-12(13)16/h11,14H,5-9H2,1-4H3/t11-,14+/m1/s1. The minimum atomic E-state index is 0.381. The fraction of sp³-hybridized carbons (Fsp3) is 0.800. The zero-order valence-corrected chi connectivity index (χ0v) is 11.1. The highest BCUT2D eigenvalue weighted by Crippen LogP contribution is 2.65. The van der Waals surface area contributed by atoms with Gasteiger partial charge in [-0.25, -0.2) is 0 Å². The molecule has 0 unspecified atom stereocenters. The Morgan fingerprint density at radius 3 is 2.50 bits per heavy atom. The molecule has 0 amide bonds. The predicted molar refractivity (Wildman–Crippen MR) is 67.2 cm³/mol. The number of hydrogen-bond acceptors (Lipinski definition) is 1. The summed E-state index contributed by atoms with van der Waals surface area (Å²) in [6, 6.07) is 0. The van der Waals surface area contributed by atoms with E-state index in [1.54, 1.807) is 0 Å². The molecule has 0 aliphatic heterocycles. The third-order valence-electron chi connectivity index (χ3n) is 4.72. The Labute approximate surface area is 99.3 Å². The predicted octanol–water partition coefficient (Wildman–Crippen LogP) is 4.13. The van der Waals surface area contributed by atoms with Crippen molar-refractivity contribution in [2.24, 2.45) is 17.3 Å². The fourth-order valence-corrected chi connectivity index (χ4v) is 3.53. The summed E-state index contributed by atoms with van der Waals surface area (Å²) in [6.45, 7) is 9.08. The van der Waals surface area contributed by atoms with E-state index < -0.39 is 0 Å². The number of Topliss-reactive ketones (excluding diaryl/α,β-unsaturated/α-hetero) is 1. The van der Waals surface area contributed by atoms with E-state index >= 15 is 0 Å². The maximum Gasteiger partial charge on any atom is 0.159 e. The number of carbonyl (C=O) groups is 1. The molecule has 2 atom stereocenters. The quantitative estimate of drug-likeness (QED) is 0.696. The van der Waals surface area contributed by atoms with Crippen LogP contribution in [-0.2, 0) is 4.79 Å². The Balaban J connectivity index is 2.12. The van der Waals surface area contributed by atoms with Gasteiger partial charge >= 0.3 is 0 Å². The highest BCUT2D eigenvalue weighted by molar-refractivity contribution is 5.99. The van der Waals surface area contributed by atoms with Crippen molar-refractivity contribution >= 4 is 5.78 Å². The molecule has 1 heteroatoms. The molecule has 1 fully saturated rings. The van der Waals surface area contributed by atoms with Crippen LogP contribution in [0.4, 0.5) is 0 Å². The summed E-state index contributed by atoms with van der Waals surface area (Å²) < 4.78 is 0. The molecule has 2 rings (SSSR count). The van der Waals surface area contributed by atoms with E-state index in [1.165, 1.54) is 30.4 Å². The number of hydrogen-bond donors (Lipinski definition) is 0. The number of allylic oxidation sites excluding steroid dienone is 2. The summed E-state index contributed by atoms with van der Waals surface area (Å²) in [4.78, 5) is 11.9. The second-order valence-electron chi connectivity index (χ2n) is 6.16. The van der Waals surface area contributed by atoms with Crippen molar-refractivity contribution < 1.29 is 4.79 Å². The lowest BCUT2D eigenvalue weighted by atomic mass is 10.00. The van der Waals surface area contributed by atoms with E-state index in [2.05, 4.69) is 27.7 Å². The Hall–Kier alpha value is -0.590. The van der Waals surface area contributed by atoms with Gasteiger partial charge in [0.2, 0.25) is 0 Å². The lowest BCUT2D eigenvalue weighted by molar-refractivity contribution is -0.115. The zero-order chi connectivity index (χ0) is 11.9. The van der Waals surface area contributed by atoms with Gasteiger partial charge in [-0.05, 0) is 42.6 Å². The maximum atomic E-state index is 11.9. The molecule has 0 aromatic heterocycles. The van der Waals surface area contributed by atoms with E-state index in [-0.39, 0.29) is 0 Å². The van der Waals surface area contributed by atoms with Crippen LogP contribution in [0.5, 0.6) is 0 Å². The van der Waals surface area contributed by atoms with Crippen molar-refractivity contribution in [3.8, 4) is 0 Å². The summed E-state index contributed by atoms with van der Waals surface area (Å²) in [5.74, 6) is 1.78. The fourth-order valence-electron chi connectivity index (χ4n) is 3.53. The van der Waals surface area contributed by atoms with Gasteiger partial charge in [0.1, 0.15) is 0 Å². The highest BCUT2D eigenvalue weighted by atomic mass is 16.1. The van der Waals surface area contributed by atoms with Crippen LogP contribution >= 0.6 is 0 Å². The van der Waals surface area contributed by atoms with Crippen molar-refractivity contribution in [2.45, 2.75) is 59.8 Å². The maximum absolute atomic E-state index is 11.9. The van der Waals surface area contributed by atoms with Gasteiger partial charge in [-0.1, -0.05) is 39.2 Å². The van der Waals surface area contributed by atoms with Gasteiger partial charge in [-0.2, -0.15) is 0 Å². The Morgan fingerprint density at radius 2 is 2.00 bits per heavy atom. The SMILES string of the molecule is CCCC[C@@H]1[C@@H](C2=C(C)CCC2=O)C1(C)C. The third-order valence-corrected chi connectivity index (χ3v) is 4.72. The number of unbranched alkanes of at least 4 members (excludes halogenated alkanes) is 1. The van der Waals surface area contributed by atoms with Gasteiger partial charge in [0.05, 0.1) is 0 Å². The molecule has 1 nitrogen and oxygen atoms in total. The minimum Gasteiger partial charge on any atom is -0.295 e. The van der Waals surface area contributed by atoms with Gasteiger partial charge in [-0.15, -0.1) is 0 Å². The molecule has 0 heterocycles. The lowest BCUT2D eigenvalue weighted by Crippen LogP contribution is -2.02. The summed E-state index contributed by atoms with van der Waals surface area (Å²) in [5, 5.41) is 0. The summed E-state index contributed by atoms with van der Waals surface area (Å²) >= 11 is 0. The van der Waals surface area contributed by atoms with Gasteiger partial charge < -0.3 is 0 Å². The first-order valence-electron chi connectivity index (χ1n) is 6.73. The monoisotopic (exact) mass is 220 g/mol. The lowest BCUT2D eigenvalue weighted by Gasteiger charge is -2.04. The molecule has 90 valence electrons. The van der Waals surface area contributed by atoms with Crippen LogP contribution in [0, 0.1) is 17.3 Å². The first-order valence-corrected chi connectivity index (χ1v) is 6.73. The molecule has 16 heavy (non-hydrogen) atoms. The van der Waals surface area contributed by atoms with Crippen LogP contribution in [0.1, 0.15) is 59.8 Å². The minimum absolute atomic E-state index is 0.381. The van der Waals surface area contributed by atoms with Crippen molar-refractivity contribution in [1.82, 2.24) is 0 Å². The van der Waals surface area contributed by atoms with Crippen LogP contribution in [-0.4, -0.2) is 5.78 Å². The molecular weight excluding hydrogens is 196 g/mol. The molecule has 0 aromatic rings. The Kier molecular flexibility index (Phi) is 2.98. The second-order valence-corrected chi connectivity index (χ2v) is 6.16. The molecular formula is C15H24O. The normalized spacial score (nSPS) is 32.4. The summed E-state index contributed by atoms with van der Waals surface area (Å²) in [7, 11) is 0. The van der Waals surface area contributed by atoms with E-state index in [1.807, 2.05) is 0 Å². The third kappa shape index (κ3) is 1.74. The molecule has 0 radical (unpaired) electrons. The largest absolute Gasteiger partial charge is 0.295 e. The first kappa shape index (κ1) is 11.9. The van der Waals surface area contributed by atoms with Crippen LogP contribution < -0.4 is 0 Å². The van der Waals surface area contributed by atoms with Gasteiger partial charge in [0.15, 0.2) is 5.78 Å². The summed E-state index contributed by atoms with van der Waals surface area (Å²) in [6.07, 6.45) is 5.67. The van der Waals surface area contributed by atoms with Crippen molar-refractivity contribution in [1.29, 1.82) is 0 Å². The zero-order valence-electron chi connectivity index (χ0n) is 11.1. The first-order chi connectivity index (χ1) is 7.50. The molecule has 0 bridgehead atoms. The smallest absolute Gasteiger partial charge is 0.159 e. The Bertz CT molecular complexity index is 335. The second kappa shape index (κ2) is 4.01. The van der Waals surface area contributed by atoms with Crippen molar-refractivity contribution in [2.75, 3.05) is 0 Å². The van der Waals surface area contributed by atoms with Gasteiger partial charge in [0.25, 0.3) is 0 Å². The molecule has 1 saturated carbocycles. The topological polar surface area (TPSA) is 17.1 Å². The van der Waals surface area contributed by atoms with Crippen LogP contribution in [0.25, 0.3) is 0 Å². The molecule has 0 spiro atoms. The van der Waals surface area contributed by atoms with Crippen LogP contribution in [0.15, 0.2) is 11.1 Å². The molecule has 2 aliphatic carbocycles. The van der Waals surface area contributed by atoms with Crippen LogP contribution in [0.2, 0.25) is 0 Å². The van der Waals surface area contributed by atoms with Crippen LogP contribution in [0.3, 0.4) is 0 Å². The van der Waals surface area contributed by atoms with Crippen molar-refractivity contribution in [3.05, 3.63) is 11.1 Å². The van der Waals surface area contributed by atoms with Crippen molar-refractivity contribution in [3.63, 3.8) is 0 Å². The number of carbonyl (C=O) groups excluding carboxylic acids is 1. The van der Waals surface area contributed by atoms with Gasteiger partial charge in [-0.3, -0.25) is 4.79 Å². The average Bonchev–Trinajstić information content (AvgIpc) is 2.57.